The summed E-state index contributed by atoms with van der Waals surface area (Å²) in [6, 6.07) is 7.42. The van der Waals surface area contributed by atoms with Crippen molar-refractivity contribution in [2.75, 3.05) is 13.1 Å². The van der Waals surface area contributed by atoms with Gasteiger partial charge in [-0.2, -0.15) is 5.10 Å². The van der Waals surface area contributed by atoms with Gasteiger partial charge in [0.25, 0.3) is 5.91 Å². The second kappa shape index (κ2) is 7.72. The monoisotopic (exact) mass is 329 g/mol. The van der Waals surface area contributed by atoms with Gasteiger partial charge in [-0.15, -0.1) is 0 Å². The Balaban J connectivity index is 1.74. The van der Waals surface area contributed by atoms with E-state index >= 15 is 0 Å². The number of nitrogens with zero attached hydrogens (tertiary/aromatic N) is 2. The van der Waals surface area contributed by atoms with Crippen molar-refractivity contribution in [3.05, 3.63) is 47.5 Å². The predicted molar refractivity (Wildman–Crippen MR) is 90.6 cm³/mol. The molecular weight excluding hydrogens is 306 g/mol. The Morgan fingerprint density at radius 3 is 2.42 bits per heavy atom. The molecule has 0 spiro atoms. The molecule has 24 heavy (non-hydrogen) atoms. The van der Waals surface area contributed by atoms with Crippen molar-refractivity contribution in [3.63, 3.8) is 0 Å². The summed E-state index contributed by atoms with van der Waals surface area (Å²) in [5.41, 5.74) is 1.74. The Labute approximate surface area is 141 Å². The third-order valence-electron chi connectivity index (χ3n) is 3.57. The summed E-state index contributed by atoms with van der Waals surface area (Å²) in [6.45, 7) is 6.72. The first kappa shape index (κ1) is 17.7. The molecule has 2 aromatic rings. The first-order chi connectivity index (χ1) is 11.4. The summed E-state index contributed by atoms with van der Waals surface area (Å²) < 4.78 is 0. The summed E-state index contributed by atoms with van der Waals surface area (Å²) in [5.74, 6) is 0.202. The molecule has 0 aliphatic carbocycles. The van der Waals surface area contributed by atoms with Gasteiger partial charge >= 0.3 is 0 Å². The zero-order valence-electron chi connectivity index (χ0n) is 14.2. The minimum atomic E-state index is -0.263. The molecule has 0 radical (unpaired) electrons. The summed E-state index contributed by atoms with van der Waals surface area (Å²) >= 11 is 0. The summed E-state index contributed by atoms with van der Waals surface area (Å²) in [4.78, 5) is 27.7. The smallest absolute Gasteiger partial charge is 0.251 e. The molecular formula is C17H23N5O2. The van der Waals surface area contributed by atoms with Crippen molar-refractivity contribution in [2.45, 2.75) is 32.6 Å². The Morgan fingerprint density at radius 2 is 1.83 bits per heavy atom. The number of aromatic nitrogens is 3. The lowest BCUT2D eigenvalue weighted by Gasteiger charge is -2.19. The lowest BCUT2D eigenvalue weighted by Crippen LogP contribution is -2.37. The van der Waals surface area contributed by atoms with E-state index in [1.165, 1.54) is 6.33 Å². The number of hydrogen-bond acceptors (Lipinski definition) is 4. The van der Waals surface area contributed by atoms with Gasteiger partial charge in [-0.1, -0.05) is 32.9 Å². The third kappa shape index (κ3) is 5.19. The number of benzene rings is 1. The number of aromatic amines is 1. The maximum Gasteiger partial charge on any atom is 0.251 e. The first-order valence-corrected chi connectivity index (χ1v) is 7.86. The van der Waals surface area contributed by atoms with E-state index in [9.17, 15) is 9.59 Å². The van der Waals surface area contributed by atoms with Gasteiger partial charge in [-0.3, -0.25) is 14.7 Å². The molecule has 2 amide bonds. The van der Waals surface area contributed by atoms with Gasteiger partial charge in [0.05, 0.1) is 6.54 Å². The normalized spacial score (nSPS) is 11.1. The molecule has 7 heteroatoms. The largest absolute Gasteiger partial charge is 0.354 e. The fraction of sp³-hybridized carbons (Fsp3) is 0.412. The Bertz CT molecular complexity index is 672. The second-order valence-corrected chi connectivity index (χ2v) is 6.54. The molecule has 0 fully saturated rings. The van der Waals surface area contributed by atoms with Crippen LogP contribution in [0.5, 0.6) is 0 Å². The lowest BCUT2D eigenvalue weighted by atomic mass is 9.87. The summed E-state index contributed by atoms with van der Waals surface area (Å²) in [7, 11) is 0. The van der Waals surface area contributed by atoms with Crippen LogP contribution in [0.25, 0.3) is 0 Å². The van der Waals surface area contributed by atoms with E-state index in [4.69, 9.17) is 0 Å². The highest BCUT2D eigenvalue weighted by Crippen LogP contribution is 2.22. The second-order valence-electron chi connectivity index (χ2n) is 6.54. The van der Waals surface area contributed by atoms with Crippen molar-refractivity contribution in [2.24, 2.45) is 0 Å². The van der Waals surface area contributed by atoms with E-state index in [-0.39, 0.29) is 23.8 Å². The molecule has 3 N–H and O–H groups in total. The fourth-order valence-electron chi connectivity index (χ4n) is 2.12. The molecule has 0 saturated heterocycles. The van der Waals surface area contributed by atoms with Crippen LogP contribution < -0.4 is 10.6 Å². The predicted octanol–water partition coefficient (Wildman–Crippen LogP) is 1.19. The highest BCUT2D eigenvalue weighted by Gasteiger charge is 2.14. The Kier molecular flexibility index (Phi) is 5.68. The molecule has 0 aliphatic rings. The van der Waals surface area contributed by atoms with Crippen LogP contribution >= 0.6 is 0 Å². The van der Waals surface area contributed by atoms with E-state index < -0.39 is 0 Å². The van der Waals surface area contributed by atoms with Crippen molar-refractivity contribution in [1.82, 2.24) is 25.8 Å². The fourth-order valence-corrected chi connectivity index (χ4v) is 2.12. The number of rotatable bonds is 6. The van der Waals surface area contributed by atoms with Gasteiger partial charge in [0.15, 0.2) is 0 Å². The van der Waals surface area contributed by atoms with Gasteiger partial charge < -0.3 is 10.6 Å². The van der Waals surface area contributed by atoms with Crippen LogP contribution in [0.15, 0.2) is 30.6 Å². The summed E-state index contributed by atoms with van der Waals surface area (Å²) in [6.07, 6.45) is 1.98. The van der Waals surface area contributed by atoms with Gasteiger partial charge in [0.1, 0.15) is 12.2 Å². The van der Waals surface area contributed by atoms with E-state index in [1.807, 2.05) is 12.1 Å². The number of H-pyrrole nitrogens is 1. The highest BCUT2D eigenvalue weighted by atomic mass is 16.2. The minimum Gasteiger partial charge on any atom is -0.354 e. The van der Waals surface area contributed by atoms with Crippen LogP contribution in [0.2, 0.25) is 0 Å². The maximum absolute atomic E-state index is 12.1. The third-order valence-corrected chi connectivity index (χ3v) is 3.57. The van der Waals surface area contributed by atoms with Crippen molar-refractivity contribution in [3.8, 4) is 0 Å². The van der Waals surface area contributed by atoms with E-state index in [2.05, 4.69) is 46.6 Å². The van der Waals surface area contributed by atoms with E-state index in [0.29, 0.717) is 24.4 Å². The van der Waals surface area contributed by atoms with Crippen LogP contribution in [-0.2, 0) is 16.6 Å². The molecule has 2 rings (SSSR count). The lowest BCUT2D eigenvalue weighted by molar-refractivity contribution is -0.120. The zero-order valence-corrected chi connectivity index (χ0v) is 14.2. The average Bonchev–Trinajstić information content (AvgIpc) is 3.05. The van der Waals surface area contributed by atoms with Crippen LogP contribution in [0.3, 0.4) is 0 Å². The van der Waals surface area contributed by atoms with E-state index in [1.54, 1.807) is 12.1 Å². The van der Waals surface area contributed by atoms with E-state index in [0.717, 1.165) is 5.56 Å². The molecule has 0 saturated carbocycles. The van der Waals surface area contributed by atoms with Crippen molar-refractivity contribution < 1.29 is 9.59 Å². The number of carbonyl (C=O) groups is 2. The quantitative estimate of drug-likeness (QED) is 0.741. The van der Waals surface area contributed by atoms with Crippen LogP contribution in [0, 0.1) is 0 Å². The Morgan fingerprint density at radius 1 is 1.12 bits per heavy atom. The molecule has 1 aromatic heterocycles. The number of carbonyl (C=O) groups excluding carboxylic acids is 2. The molecule has 7 nitrogen and oxygen atoms in total. The zero-order chi connectivity index (χ0) is 17.6. The standard InChI is InChI=1S/C17H23N5O2/c1-17(2,3)13-6-4-12(5-7-13)16(24)19-10-15(23)18-9-8-14-20-11-21-22-14/h4-7,11H,8-10H2,1-3H3,(H,18,23)(H,19,24)(H,20,21,22). The topological polar surface area (TPSA) is 99.8 Å². The first-order valence-electron chi connectivity index (χ1n) is 7.86. The van der Waals surface area contributed by atoms with Crippen LogP contribution in [-0.4, -0.2) is 40.1 Å². The highest BCUT2D eigenvalue weighted by molar-refractivity contribution is 5.96. The van der Waals surface area contributed by atoms with Crippen LogP contribution in [0.4, 0.5) is 0 Å². The van der Waals surface area contributed by atoms with Gasteiger partial charge in [-0.05, 0) is 23.1 Å². The molecule has 0 unspecified atom stereocenters. The minimum absolute atomic E-state index is 0.0401. The van der Waals surface area contributed by atoms with Gasteiger partial charge in [0, 0.05) is 18.5 Å². The Hall–Kier alpha value is -2.70. The number of amides is 2. The molecule has 0 aliphatic heterocycles. The van der Waals surface area contributed by atoms with Gasteiger partial charge in [0.2, 0.25) is 5.91 Å². The molecule has 0 atom stereocenters. The van der Waals surface area contributed by atoms with Crippen molar-refractivity contribution >= 4 is 11.8 Å². The van der Waals surface area contributed by atoms with Gasteiger partial charge in [-0.25, -0.2) is 4.98 Å². The number of nitrogens with one attached hydrogen (secondary N) is 3. The SMILES string of the molecule is CC(C)(C)c1ccc(C(=O)NCC(=O)NCCc2ncn[nH]2)cc1. The maximum atomic E-state index is 12.1. The molecule has 1 aromatic carbocycles. The molecule has 1 heterocycles. The van der Waals surface area contributed by atoms with Crippen LogP contribution in [0.1, 0.15) is 42.5 Å². The molecule has 0 bridgehead atoms. The molecule has 128 valence electrons. The number of hydrogen-bond donors (Lipinski definition) is 3. The average molecular weight is 329 g/mol. The van der Waals surface area contributed by atoms with Crippen molar-refractivity contribution in [1.29, 1.82) is 0 Å². The summed E-state index contributed by atoms with van der Waals surface area (Å²) in [5, 5.41) is 11.8.